The number of hydrogen-bond donors (Lipinski definition) is 3. The van der Waals surface area contributed by atoms with Gasteiger partial charge in [0.1, 0.15) is 0 Å². The number of halogens is 1. The van der Waals surface area contributed by atoms with Gasteiger partial charge in [-0.3, -0.25) is 20.2 Å². The monoisotopic (exact) mass is 508 g/mol. The summed E-state index contributed by atoms with van der Waals surface area (Å²) in [7, 11) is 0. The first-order valence-electron chi connectivity index (χ1n) is 10.3. The Morgan fingerprint density at radius 1 is 0.971 bits per heavy atom. The largest absolute Gasteiger partial charge is 0.331 e. The summed E-state index contributed by atoms with van der Waals surface area (Å²) in [6, 6.07) is 24.9. The number of aromatic nitrogens is 3. The number of rotatable bonds is 6. The number of hydrazine groups is 1. The molecular formula is C24H21ClN6OS2. The number of hydrogen-bond acceptors (Lipinski definition) is 5. The third kappa shape index (κ3) is 6.13. The van der Waals surface area contributed by atoms with Crippen LogP contribution in [0.2, 0.25) is 5.02 Å². The minimum atomic E-state index is -0.259. The lowest BCUT2D eigenvalue weighted by atomic mass is 10.2. The van der Waals surface area contributed by atoms with Gasteiger partial charge in [0, 0.05) is 22.0 Å². The maximum atomic E-state index is 12.4. The molecule has 172 valence electrons. The Morgan fingerprint density at radius 2 is 1.68 bits per heavy atom. The van der Waals surface area contributed by atoms with Crippen LogP contribution in [0.3, 0.4) is 0 Å². The van der Waals surface area contributed by atoms with Gasteiger partial charge >= 0.3 is 0 Å². The summed E-state index contributed by atoms with van der Waals surface area (Å²) in [6.07, 6.45) is 0. The fourth-order valence-corrected chi connectivity index (χ4v) is 4.10. The minimum absolute atomic E-state index is 0.112. The van der Waals surface area contributed by atoms with E-state index in [1.54, 1.807) is 12.1 Å². The SMILES string of the molecule is Cc1ccc(NC(=S)NNC(=O)CSc2nnc(-c3ccccc3)n2-c2ccc(Cl)cc2)cc1. The first kappa shape index (κ1) is 23.7. The molecule has 3 N–H and O–H groups in total. The van der Waals surface area contributed by atoms with E-state index in [4.69, 9.17) is 23.8 Å². The van der Waals surface area contributed by atoms with Crippen LogP contribution in [0.15, 0.2) is 84.0 Å². The van der Waals surface area contributed by atoms with Crippen molar-refractivity contribution in [1.29, 1.82) is 0 Å². The molecule has 0 unspecified atom stereocenters. The van der Waals surface area contributed by atoms with Crippen LogP contribution in [0.4, 0.5) is 5.69 Å². The Hall–Kier alpha value is -3.40. The van der Waals surface area contributed by atoms with E-state index in [9.17, 15) is 4.79 Å². The topological polar surface area (TPSA) is 83.9 Å². The summed E-state index contributed by atoms with van der Waals surface area (Å²) in [6.45, 7) is 2.01. The lowest BCUT2D eigenvalue weighted by Crippen LogP contribution is -2.44. The predicted octanol–water partition coefficient (Wildman–Crippen LogP) is 5.01. The van der Waals surface area contributed by atoms with Gasteiger partial charge in [-0.25, -0.2) is 0 Å². The Balaban J connectivity index is 1.41. The van der Waals surface area contributed by atoms with E-state index in [2.05, 4.69) is 26.4 Å². The van der Waals surface area contributed by atoms with Crippen molar-refractivity contribution < 1.29 is 4.79 Å². The highest BCUT2D eigenvalue weighted by atomic mass is 35.5. The average molecular weight is 509 g/mol. The van der Waals surface area contributed by atoms with E-state index in [0.29, 0.717) is 16.0 Å². The van der Waals surface area contributed by atoms with Crippen molar-refractivity contribution in [3.8, 4) is 17.1 Å². The molecule has 34 heavy (non-hydrogen) atoms. The van der Waals surface area contributed by atoms with Crippen LogP contribution in [0.5, 0.6) is 0 Å². The lowest BCUT2D eigenvalue weighted by Gasteiger charge is -2.12. The zero-order chi connectivity index (χ0) is 23.9. The molecule has 0 saturated heterocycles. The van der Waals surface area contributed by atoms with Crippen molar-refractivity contribution >= 4 is 52.3 Å². The number of carbonyl (C=O) groups is 1. The summed E-state index contributed by atoms with van der Waals surface area (Å²) in [5, 5.41) is 13.2. The van der Waals surface area contributed by atoms with Crippen molar-refractivity contribution in [2.75, 3.05) is 11.1 Å². The summed E-state index contributed by atoms with van der Waals surface area (Å²) in [4.78, 5) is 12.4. The van der Waals surface area contributed by atoms with Gasteiger partial charge in [0.25, 0.3) is 0 Å². The zero-order valence-electron chi connectivity index (χ0n) is 18.2. The second kappa shape index (κ2) is 11.1. The van der Waals surface area contributed by atoms with Gasteiger partial charge in [0.15, 0.2) is 16.1 Å². The van der Waals surface area contributed by atoms with Gasteiger partial charge in [-0.15, -0.1) is 10.2 Å². The predicted molar refractivity (Wildman–Crippen MR) is 141 cm³/mol. The van der Waals surface area contributed by atoms with Crippen molar-refractivity contribution in [3.63, 3.8) is 0 Å². The van der Waals surface area contributed by atoms with Crippen molar-refractivity contribution in [3.05, 3.63) is 89.4 Å². The van der Waals surface area contributed by atoms with E-state index < -0.39 is 0 Å². The molecule has 1 heterocycles. The molecule has 7 nitrogen and oxygen atoms in total. The molecular weight excluding hydrogens is 488 g/mol. The fraction of sp³-hybridized carbons (Fsp3) is 0.0833. The Kier molecular flexibility index (Phi) is 7.79. The molecule has 0 aliphatic carbocycles. The molecule has 0 saturated carbocycles. The van der Waals surface area contributed by atoms with Gasteiger partial charge in [0.2, 0.25) is 5.91 Å². The summed E-state index contributed by atoms with van der Waals surface area (Å²) < 4.78 is 1.90. The lowest BCUT2D eigenvalue weighted by molar-refractivity contribution is -0.119. The first-order valence-corrected chi connectivity index (χ1v) is 12.1. The number of nitrogens with zero attached hydrogens (tertiary/aromatic N) is 3. The molecule has 3 aromatic carbocycles. The van der Waals surface area contributed by atoms with Crippen LogP contribution in [0, 0.1) is 6.92 Å². The standard InChI is InChI=1S/C24H21ClN6OS2/c1-16-7-11-19(12-8-16)26-23(33)29-27-21(32)15-34-24-30-28-22(17-5-3-2-4-6-17)31(24)20-13-9-18(25)10-14-20/h2-14H,15H2,1H3,(H,27,32)(H2,26,29,33). The van der Waals surface area contributed by atoms with Crippen LogP contribution < -0.4 is 16.2 Å². The van der Waals surface area contributed by atoms with E-state index in [0.717, 1.165) is 22.5 Å². The first-order chi connectivity index (χ1) is 16.5. The molecule has 0 aliphatic heterocycles. The van der Waals surface area contributed by atoms with Crippen LogP contribution in [0.1, 0.15) is 5.56 Å². The van der Waals surface area contributed by atoms with E-state index in [-0.39, 0.29) is 16.8 Å². The van der Waals surface area contributed by atoms with Gasteiger partial charge in [-0.05, 0) is 55.5 Å². The highest BCUT2D eigenvalue weighted by Crippen LogP contribution is 2.28. The van der Waals surface area contributed by atoms with Gasteiger partial charge < -0.3 is 5.32 Å². The average Bonchev–Trinajstić information content (AvgIpc) is 3.28. The van der Waals surface area contributed by atoms with Gasteiger partial charge in [-0.1, -0.05) is 71.4 Å². The summed E-state index contributed by atoms with van der Waals surface area (Å²) in [5.74, 6) is 0.526. The molecule has 4 rings (SSSR count). The van der Waals surface area contributed by atoms with E-state index in [1.165, 1.54) is 11.8 Å². The van der Waals surface area contributed by atoms with Crippen molar-refractivity contribution in [2.24, 2.45) is 0 Å². The number of thioether (sulfide) groups is 1. The van der Waals surface area contributed by atoms with Gasteiger partial charge in [0.05, 0.1) is 5.75 Å². The van der Waals surface area contributed by atoms with E-state index >= 15 is 0 Å². The number of aryl methyl sites for hydroxylation is 1. The quantitative estimate of drug-likeness (QED) is 0.192. The Morgan fingerprint density at radius 3 is 2.38 bits per heavy atom. The second-order valence-electron chi connectivity index (χ2n) is 7.27. The van der Waals surface area contributed by atoms with E-state index in [1.807, 2.05) is 78.2 Å². The smallest absolute Gasteiger partial charge is 0.248 e. The van der Waals surface area contributed by atoms with Crippen molar-refractivity contribution in [1.82, 2.24) is 25.6 Å². The van der Waals surface area contributed by atoms with Crippen LogP contribution in [-0.4, -0.2) is 31.5 Å². The minimum Gasteiger partial charge on any atom is -0.331 e. The normalized spacial score (nSPS) is 10.5. The number of thiocarbonyl (C=S) groups is 1. The van der Waals surface area contributed by atoms with Crippen LogP contribution >= 0.6 is 35.6 Å². The summed E-state index contributed by atoms with van der Waals surface area (Å²) >= 11 is 12.6. The molecule has 0 atom stereocenters. The van der Waals surface area contributed by atoms with Crippen LogP contribution in [-0.2, 0) is 4.79 Å². The zero-order valence-corrected chi connectivity index (χ0v) is 20.5. The third-order valence-electron chi connectivity index (χ3n) is 4.71. The molecule has 4 aromatic rings. The molecule has 1 aromatic heterocycles. The molecule has 0 bridgehead atoms. The summed E-state index contributed by atoms with van der Waals surface area (Å²) in [5.41, 5.74) is 9.05. The molecule has 0 radical (unpaired) electrons. The molecule has 0 aliphatic rings. The third-order valence-corrected chi connectivity index (χ3v) is 6.09. The Labute approximate surface area is 211 Å². The van der Waals surface area contributed by atoms with Crippen molar-refractivity contribution in [2.45, 2.75) is 12.1 Å². The maximum Gasteiger partial charge on any atom is 0.248 e. The molecule has 0 fully saturated rings. The number of benzene rings is 3. The highest BCUT2D eigenvalue weighted by molar-refractivity contribution is 7.99. The number of amides is 1. The number of nitrogens with one attached hydrogen (secondary N) is 3. The van der Waals surface area contributed by atoms with Gasteiger partial charge in [-0.2, -0.15) is 0 Å². The molecule has 1 amide bonds. The van der Waals surface area contributed by atoms with Crippen LogP contribution in [0.25, 0.3) is 17.1 Å². The maximum absolute atomic E-state index is 12.4. The highest BCUT2D eigenvalue weighted by Gasteiger charge is 2.17. The number of carbonyl (C=O) groups excluding carboxylic acids is 1. The molecule has 0 spiro atoms. The molecule has 10 heteroatoms. The number of anilines is 1. The Bertz CT molecular complexity index is 1280. The fourth-order valence-electron chi connectivity index (χ4n) is 3.05. The second-order valence-corrected chi connectivity index (χ2v) is 9.05.